The fourth-order valence-electron chi connectivity index (χ4n) is 1.59. The third-order valence-electron chi connectivity index (χ3n) is 2.47. The minimum Gasteiger partial charge on any atom is -0.454 e. The van der Waals surface area contributed by atoms with Gasteiger partial charge in [-0.25, -0.2) is 0 Å². The van der Waals surface area contributed by atoms with Gasteiger partial charge in [-0.05, 0) is 24.5 Å². The summed E-state index contributed by atoms with van der Waals surface area (Å²) in [4.78, 5) is 1.10. The van der Waals surface area contributed by atoms with Gasteiger partial charge < -0.3 is 4.74 Å². The van der Waals surface area contributed by atoms with Crippen molar-refractivity contribution in [3.63, 3.8) is 0 Å². The number of halogens is 2. The molecule has 0 spiro atoms. The van der Waals surface area contributed by atoms with Crippen molar-refractivity contribution in [3.05, 3.63) is 53.1 Å². The summed E-state index contributed by atoms with van der Waals surface area (Å²) in [6, 6.07) is 13.7. The van der Waals surface area contributed by atoms with Gasteiger partial charge in [0.15, 0.2) is 0 Å². The van der Waals surface area contributed by atoms with E-state index in [1.165, 1.54) is 0 Å². The third-order valence-corrected chi connectivity index (χ3v) is 4.15. The molecular weight excluding hydrogens is 332 g/mol. The Morgan fingerprint density at radius 2 is 1.94 bits per heavy atom. The number of rotatable bonds is 4. The Morgan fingerprint density at radius 3 is 2.67 bits per heavy atom. The standard InChI is InChI=1S/C14H12BrClOS/c1-18-13-8-3-2-7-12(13)17-14-10(9-15)5-4-6-11(14)16/h2-8H,9H2,1H3. The van der Waals surface area contributed by atoms with Crippen molar-refractivity contribution in [2.24, 2.45) is 0 Å². The highest BCUT2D eigenvalue weighted by molar-refractivity contribution is 9.08. The zero-order chi connectivity index (χ0) is 13.0. The number of benzene rings is 2. The summed E-state index contributed by atoms with van der Waals surface area (Å²) < 4.78 is 5.97. The summed E-state index contributed by atoms with van der Waals surface area (Å²) in [5.41, 5.74) is 1.04. The Morgan fingerprint density at radius 1 is 1.17 bits per heavy atom. The molecular formula is C14H12BrClOS. The zero-order valence-electron chi connectivity index (χ0n) is 9.82. The van der Waals surface area contributed by atoms with Crippen molar-refractivity contribution >= 4 is 39.3 Å². The average Bonchev–Trinajstić information content (AvgIpc) is 2.41. The number of ether oxygens (including phenoxy) is 1. The molecule has 0 aliphatic carbocycles. The van der Waals surface area contributed by atoms with Gasteiger partial charge in [0.25, 0.3) is 0 Å². The van der Waals surface area contributed by atoms with Crippen molar-refractivity contribution in [1.82, 2.24) is 0 Å². The topological polar surface area (TPSA) is 9.23 Å². The number of hydrogen-bond donors (Lipinski definition) is 0. The van der Waals surface area contributed by atoms with Gasteiger partial charge in [-0.3, -0.25) is 0 Å². The third kappa shape index (κ3) is 3.02. The first-order valence-electron chi connectivity index (χ1n) is 5.40. The van der Waals surface area contributed by atoms with Gasteiger partial charge in [0.1, 0.15) is 11.5 Å². The van der Waals surface area contributed by atoms with Crippen LogP contribution in [0.25, 0.3) is 0 Å². The molecule has 2 aromatic rings. The summed E-state index contributed by atoms with van der Waals surface area (Å²) >= 11 is 11.3. The molecule has 0 saturated carbocycles. The molecule has 18 heavy (non-hydrogen) atoms. The second-order valence-corrected chi connectivity index (χ2v) is 5.43. The van der Waals surface area contributed by atoms with Crippen molar-refractivity contribution < 1.29 is 4.74 Å². The first-order chi connectivity index (χ1) is 8.76. The number of thioether (sulfide) groups is 1. The van der Waals surface area contributed by atoms with Crippen LogP contribution < -0.4 is 4.74 Å². The summed E-state index contributed by atoms with van der Waals surface area (Å²) in [5, 5.41) is 1.34. The summed E-state index contributed by atoms with van der Waals surface area (Å²) in [5.74, 6) is 1.55. The fraction of sp³-hybridized carbons (Fsp3) is 0.143. The second kappa shape index (κ2) is 6.50. The summed E-state index contributed by atoms with van der Waals surface area (Å²) in [6.45, 7) is 0. The highest BCUT2D eigenvalue weighted by Gasteiger charge is 2.10. The lowest BCUT2D eigenvalue weighted by atomic mass is 10.2. The van der Waals surface area contributed by atoms with E-state index in [0.29, 0.717) is 10.4 Å². The SMILES string of the molecule is CSc1ccccc1Oc1c(Cl)cccc1CBr. The number of hydrogen-bond acceptors (Lipinski definition) is 2. The van der Waals surface area contributed by atoms with Gasteiger partial charge in [0, 0.05) is 15.8 Å². The van der Waals surface area contributed by atoms with Crippen LogP contribution in [0.3, 0.4) is 0 Å². The molecule has 4 heteroatoms. The number of alkyl halides is 1. The number of para-hydroxylation sites is 2. The molecule has 0 aromatic heterocycles. The Hall–Kier alpha value is -0.640. The van der Waals surface area contributed by atoms with Crippen LogP contribution in [0.2, 0.25) is 5.02 Å². The molecule has 0 N–H and O–H groups in total. The van der Waals surface area contributed by atoms with Crippen molar-refractivity contribution in [2.75, 3.05) is 6.26 Å². The van der Waals surface area contributed by atoms with E-state index in [4.69, 9.17) is 16.3 Å². The first-order valence-corrected chi connectivity index (χ1v) is 8.13. The van der Waals surface area contributed by atoms with E-state index in [1.807, 2.05) is 48.7 Å². The fourth-order valence-corrected chi connectivity index (χ4v) is 2.79. The molecule has 0 radical (unpaired) electrons. The molecule has 0 aliphatic rings. The van der Waals surface area contributed by atoms with E-state index < -0.39 is 0 Å². The second-order valence-electron chi connectivity index (χ2n) is 3.61. The van der Waals surface area contributed by atoms with E-state index in [0.717, 1.165) is 22.0 Å². The van der Waals surface area contributed by atoms with Gasteiger partial charge in [-0.15, -0.1) is 11.8 Å². The minimum atomic E-state index is 0.628. The van der Waals surface area contributed by atoms with Crippen LogP contribution >= 0.6 is 39.3 Å². The van der Waals surface area contributed by atoms with Crippen LogP contribution in [0, 0.1) is 0 Å². The quantitative estimate of drug-likeness (QED) is 0.516. The molecule has 0 saturated heterocycles. The molecule has 0 fully saturated rings. The monoisotopic (exact) mass is 342 g/mol. The van der Waals surface area contributed by atoms with Gasteiger partial charge in [0.2, 0.25) is 0 Å². The van der Waals surface area contributed by atoms with Gasteiger partial charge in [0.05, 0.1) is 5.02 Å². The molecule has 0 unspecified atom stereocenters. The normalized spacial score (nSPS) is 10.4. The Kier molecular flexibility index (Phi) is 4.98. The van der Waals surface area contributed by atoms with Crippen LogP contribution in [0.1, 0.15) is 5.56 Å². The van der Waals surface area contributed by atoms with Crippen LogP contribution in [0.4, 0.5) is 0 Å². The van der Waals surface area contributed by atoms with E-state index in [1.54, 1.807) is 11.8 Å². The highest BCUT2D eigenvalue weighted by Crippen LogP contribution is 2.37. The Balaban J connectivity index is 2.39. The van der Waals surface area contributed by atoms with Gasteiger partial charge >= 0.3 is 0 Å². The molecule has 0 bridgehead atoms. The maximum absolute atomic E-state index is 6.20. The lowest BCUT2D eigenvalue weighted by Crippen LogP contribution is -1.91. The lowest BCUT2D eigenvalue weighted by Gasteiger charge is -2.13. The smallest absolute Gasteiger partial charge is 0.150 e. The summed E-state index contributed by atoms with van der Waals surface area (Å²) in [7, 11) is 0. The zero-order valence-corrected chi connectivity index (χ0v) is 13.0. The van der Waals surface area contributed by atoms with Crippen molar-refractivity contribution in [1.29, 1.82) is 0 Å². The molecule has 0 amide bonds. The maximum atomic E-state index is 6.20. The van der Waals surface area contributed by atoms with Crippen LogP contribution in [0.5, 0.6) is 11.5 Å². The van der Waals surface area contributed by atoms with Gasteiger partial charge in [-0.2, -0.15) is 0 Å². The molecule has 0 heterocycles. The molecule has 2 aromatic carbocycles. The van der Waals surface area contributed by atoms with E-state index in [2.05, 4.69) is 15.9 Å². The Labute approximate surface area is 125 Å². The van der Waals surface area contributed by atoms with E-state index >= 15 is 0 Å². The molecule has 0 atom stereocenters. The van der Waals surface area contributed by atoms with Crippen molar-refractivity contribution in [3.8, 4) is 11.5 Å². The van der Waals surface area contributed by atoms with Crippen LogP contribution in [-0.2, 0) is 5.33 Å². The largest absolute Gasteiger partial charge is 0.454 e. The molecule has 1 nitrogen and oxygen atoms in total. The Bertz CT molecular complexity index is 545. The van der Waals surface area contributed by atoms with Crippen LogP contribution in [-0.4, -0.2) is 6.26 Å². The lowest BCUT2D eigenvalue weighted by molar-refractivity contribution is 0.467. The summed E-state index contributed by atoms with van der Waals surface area (Å²) in [6.07, 6.45) is 2.03. The maximum Gasteiger partial charge on any atom is 0.150 e. The predicted octanol–water partition coefficient (Wildman–Crippen LogP) is 5.75. The molecule has 0 aliphatic heterocycles. The van der Waals surface area contributed by atoms with Gasteiger partial charge in [-0.1, -0.05) is 51.8 Å². The average molecular weight is 344 g/mol. The predicted molar refractivity (Wildman–Crippen MR) is 82.4 cm³/mol. The molecule has 2 rings (SSSR count). The van der Waals surface area contributed by atoms with E-state index in [-0.39, 0.29) is 0 Å². The molecule has 94 valence electrons. The van der Waals surface area contributed by atoms with Crippen molar-refractivity contribution in [2.45, 2.75) is 10.2 Å². The highest BCUT2D eigenvalue weighted by atomic mass is 79.9. The minimum absolute atomic E-state index is 0.628. The van der Waals surface area contributed by atoms with E-state index in [9.17, 15) is 0 Å². The first kappa shape index (κ1) is 13.8. The van der Waals surface area contributed by atoms with Crippen LogP contribution in [0.15, 0.2) is 47.4 Å².